The minimum atomic E-state index is 0. The SMILES string of the molecule is CCCCP(CCCC)CCCC.[Ir]. The molecule has 0 atom stereocenters. The van der Waals surface area contributed by atoms with Crippen LogP contribution in [0.15, 0.2) is 0 Å². The maximum absolute atomic E-state index is 2.31. The molecule has 0 unspecified atom stereocenters. The van der Waals surface area contributed by atoms with Crippen LogP contribution in [0.3, 0.4) is 0 Å². The zero-order chi connectivity index (χ0) is 9.94. The summed E-state index contributed by atoms with van der Waals surface area (Å²) in [4.78, 5) is 0. The van der Waals surface area contributed by atoms with E-state index in [1.165, 1.54) is 38.5 Å². The molecule has 0 aromatic rings. The average molecular weight is 395 g/mol. The fraction of sp³-hybridized carbons (Fsp3) is 1.00. The predicted octanol–water partition coefficient (Wildman–Crippen LogP) is 4.87. The Hall–Kier alpha value is 1.08. The van der Waals surface area contributed by atoms with Crippen molar-refractivity contribution in [1.82, 2.24) is 0 Å². The number of rotatable bonds is 9. The van der Waals surface area contributed by atoms with Crippen LogP contribution in [0.1, 0.15) is 59.3 Å². The molecule has 89 valence electrons. The molecule has 0 amide bonds. The van der Waals surface area contributed by atoms with E-state index in [1.807, 2.05) is 0 Å². The predicted molar refractivity (Wildman–Crippen MR) is 66.2 cm³/mol. The molecule has 0 spiro atoms. The largest absolute Gasteiger partial charge is 0.107 e. The van der Waals surface area contributed by atoms with Gasteiger partial charge in [0.2, 0.25) is 0 Å². The molecule has 0 saturated heterocycles. The van der Waals surface area contributed by atoms with Gasteiger partial charge in [0.25, 0.3) is 0 Å². The van der Waals surface area contributed by atoms with E-state index < -0.39 is 0 Å². The second-order valence-electron chi connectivity index (χ2n) is 3.90. The summed E-state index contributed by atoms with van der Waals surface area (Å²) < 4.78 is 0. The number of unbranched alkanes of at least 4 members (excludes halogenated alkanes) is 3. The second-order valence-corrected chi connectivity index (χ2v) is 6.59. The van der Waals surface area contributed by atoms with Crippen molar-refractivity contribution in [3.8, 4) is 0 Å². The summed E-state index contributed by atoms with van der Waals surface area (Å²) in [6.45, 7) is 6.94. The van der Waals surface area contributed by atoms with Gasteiger partial charge in [0.05, 0.1) is 0 Å². The van der Waals surface area contributed by atoms with Crippen molar-refractivity contribution in [2.24, 2.45) is 0 Å². The third-order valence-electron chi connectivity index (χ3n) is 2.48. The Balaban J connectivity index is 0. The first-order valence-electron chi connectivity index (χ1n) is 6.07. The van der Waals surface area contributed by atoms with Gasteiger partial charge in [-0.1, -0.05) is 40.0 Å². The summed E-state index contributed by atoms with van der Waals surface area (Å²) in [5, 5.41) is 0. The summed E-state index contributed by atoms with van der Waals surface area (Å²) in [6, 6.07) is 0. The number of hydrogen-bond donors (Lipinski definition) is 0. The van der Waals surface area contributed by atoms with Gasteiger partial charge in [-0.2, -0.15) is 0 Å². The van der Waals surface area contributed by atoms with Gasteiger partial charge >= 0.3 is 0 Å². The zero-order valence-corrected chi connectivity index (χ0v) is 13.4. The van der Waals surface area contributed by atoms with Crippen LogP contribution in [0.5, 0.6) is 0 Å². The van der Waals surface area contributed by atoms with E-state index in [2.05, 4.69) is 20.8 Å². The van der Waals surface area contributed by atoms with Gasteiger partial charge < -0.3 is 0 Å². The van der Waals surface area contributed by atoms with E-state index in [4.69, 9.17) is 0 Å². The standard InChI is InChI=1S/C12H27P.Ir/c1-4-7-10-13(11-8-5-2)12-9-6-3;/h4-12H2,1-3H3;. The summed E-state index contributed by atoms with van der Waals surface area (Å²) in [5.74, 6) is 0. The molecule has 0 fully saturated rings. The summed E-state index contributed by atoms with van der Waals surface area (Å²) in [6.07, 6.45) is 13.2. The zero-order valence-electron chi connectivity index (χ0n) is 10.1. The Morgan fingerprint density at radius 1 is 0.643 bits per heavy atom. The Kier molecular flexibility index (Phi) is 17.6. The molecule has 0 aromatic carbocycles. The van der Waals surface area contributed by atoms with Crippen molar-refractivity contribution in [2.75, 3.05) is 18.5 Å². The van der Waals surface area contributed by atoms with Crippen LogP contribution in [0.4, 0.5) is 0 Å². The van der Waals surface area contributed by atoms with E-state index in [1.54, 1.807) is 18.5 Å². The first-order valence-corrected chi connectivity index (χ1v) is 7.97. The molecule has 0 aliphatic carbocycles. The van der Waals surface area contributed by atoms with E-state index in [0.717, 1.165) is 0 Å². The molecular weight excluding hydrogens is 367 g/mol. The molecule has 2 heteroatoms. The van der Waals surface area contributed by atoms with Gasteiger partial charge in [-0.15, -0.1) is 7.92 Å². The van der Waals surface area contributed by atoms with Crippen molar-refractivity contribution in [2.45, 2.75) is 59.3 Å². The van der Waals surface area contributed by atoms with Crippen molar-refractivity contribution < 1.29 is 20.1 Å². The van der Waals surface area contributed by atoms with E-state index in [9.17, 15) is 0 Å². The van der Waals surface area contributed by atoms with Gasteiger partial charge in [0.15, 0.2) is 0 Å². The van der Waals surface area contributed by atoms with Gasteiger partial charge in [-0.3, -0.25) is 0 Å². The van der Waals surface area contributed by atoms with Crippen molar-refractivity contribution >= 4 is 7.92 Å². The third kappa shape index (κ3) is 11.2. The molecule has 0 aromatic heterocycles. The van der Waals surface area contributed by atoms with Crippen LogP contribution in [-0.4, -0.2) is 18.5 Å². The Labute approximate surface area is 106 Å². The fourth-order valence-electron chi connectivity index (χ4n) is 1.48. The molecule has 0 N–H and O–H groups in total. The molecule has 0 rings (SSSR count). The van der Waals surface area contributed by atoms with E-state index in [0.29, 0.717) is 7.92 Å². The maximum Gasteiger partial charge on any atom is 0 e. The minimum Gasteiger partial charge on any atom is -0.107 e. The van der Waals surface area contributed by atoms with Crippen LogP contribution in [0, 0.1) is 0 Å². The van der Waals surface area contributed by atoms with Crippen LogP contribution in [0.2, 0.25) is 0 Å². The molecule has 0 heterocycles. The van der Waals surface area contributed by atoms with Gasteiger partial charge in [-0.25, -0.2) is 0 Å². The molecule has 14 heavy (non-hydrogen) atoms. The van der Waals surface area contributed by atoms with Gasteiger partial charge in [-0.05, 0) is 37.7 Å². The summed E-state index contributed by atoms with van der Waals surface area (Å²) >= 11 is 0. The van der Waals surface area contributed by atoms with Crippen molar-refractivity contribution in [3.05, 3.63) is 0 Å². The number of hydrogen-bond acceptors (Lipinski definition) is 0. The molecule has 0 aliphatic heterocycles. The average Bonchev–Trinajstić information content (AvgIpc) is 2.17. The van der Waals surface area contributed by atoms with Gasteiger partial charge in [0, 0.05) is 20.1 Å². The minimum absolute atomic E-state index is 0. The Morgan fingerprint density at radius 2 is 0.929 bits per heavy atom. The molecule has 0 nitrogen and oxygen atoms in total. The first-order chi connectivity index (χ1) is 6.35. The Bertz CT molecular complexity index is 77.3. The molecule has 0 saturated carbocycles. The quantitative estimate of drug-likeness (QED) is 0.490. The van der Waals surface area contributed by atoms with Crippen molar-refractivity contribution in [3.63, 3.8) is 0 Å². The second kappa shape index (κ2) is 14.1. The topological polar surface area (TPSA) is 0 Å². The van der Waals surface area contributed by atoms with Crippen LogP contribution < -0.4 is 0 Å². The molecule has 0 bridgehead atoms. The Morgan fingerprint density at radius 3 is 1.14 bits per heavy atom. The molecular formula is C12H27IrP. The normalized spacial score (nSPS) is 10.3. The van der Waals surface area contributed by atoms with E-state index >= 15 is 0 Å². The van der Waals surface area contributed by atoms with E-state index in [-0.39, 0.29) is 20.1 Å². The smallest absolute Gasteiger partial charge is 0 e. The first kappa shape index (κ1) is 17.5. The monoisotopic (exact) mass is 395 g/mol. The van der Waals surface area contributed by atoms with Crippen molar-refractivity contribution in [1.29, 1.82) is 0 Å². The maximum atomic E-state index is 2.31. The fourth-order valence-corrected chi connectivity index (χ4v) is 4.44. The van der Waals surface area contributed by atoms with Crippen LogP contribution in [-0.2, 0) is 20.1 Å². The van der Waals surface area contributed by atoms with Gasteiger partial charge in [0.1, 0.15) is 0 Å². The third-order valence-corrected chi connectivity index (χ3v) is 5.33. The van der Waals surface area contributed by atoms with Crippen LogP contribution >= 0.6 is 7.92 Å². The summed E-state index contributed by atoms with van der Waals surface area (Å²) in [5.41, 5.74) is 0. The summed E-state index contributed by atoms with van der Waals surface area (Å²) in [7, 11) is 0.422. The molecule has 1 radical (unpaired) electrons. The molecule has 0 aliphatic rings. The van der Waals surface area contributed by atoms with Crippen LogP contribution in [0.25, 0.3) is 0 Å².